The number of hydrogen-bond acceptors (Lipinski definition) is 3. The highest BCUT2D eigenvalue weighted by Gasteiger charge is 2.51. The largest absolute Gasteiger partial charge is 0.347 e. The Balaban J connectivity index is 2.36. The molecule has 86 valence electrons. The molecular formula is C10H8BrF2NO2. The number of oxime groups is 1. The molecule has 1 N–H and O–H groups in total. The quantitative estimate of drug-likeness (QED) is 0.850. The van der Waals surface area contributed by atoms with E-state index in [0.717, 1.165) is 0 Å². The van der Waals surface area contributed by atoms with Gasteiger partial charge in [-0.1, -0.05) is 35.5 Å². The van der Waals surface area contributed by atoms with Gasteiger partial charge >= 0.3 is 4.70 Å². The topological polar surface area (TPSA) is 41.8 Å². The van der Waals surface area contributed by atoms with Crippen LogP contribution < -0.4 is 0 Å². The van der Waals surface area contributed by atoms with Gasteiger partial charge in [0.15, 0.2) is 0 Å². The second-order valence-electron chi connectivity index (χ2n) is 3.35. The van der Waals surface area contributed by atoms with Crippen LogP contribution in [0.1, 0.15) is 5.56 Å². The van der Waals surface area contributed by atoms with Gasteiger partial charge in [-0.2, -0.15) is 0 Å². The van der Waals surface area contributed by atoms with E-state index in [1.165, 1.54) is 0 Å². The van der Waals surface area contributed by atoms with Crippen molar-refractivity contribution >= 4 is 21.6 Å². The molecule has 0 radical (unpaired) electrons. The molecule has 0 saturated carbocycles. The smallest absolute Gasteiger partial charge is 0.304 e. The molecule has 0 aromatic heterocycles. The van der Waals surface area contributed by atoms with Crippen LogP contribution in [0.3, 0.4) is 0 Å². The van der Waals surface area contributed by atoms with Gasteiger partial charge in [-0.15, -0.1) is 0 Å². The third-order valence-electron chi connectivity index (χ3n) is 2.27. The fourth-order valence-electron chi connectivity index (χ4n) is 1.51. The minimum Gasteiger partial charge on any atom is -0.347 e. The number of halogens is 3. The molecular weight excluding hydrogens is 284 g/mol. The molecule has 2 unspecified atom stereocenters. The second kappa shape index (κ2) is 4.10. The summed E-state index contributed by atoms with van der Waals surface area (Å²) in [5.74, 6) is -1.50. The van der Waals surface area contributed by atoms with Crippen LogP contribution >= 0.6 is 15.9 Å². The molecule has 2 rings (SSSR count). The predicted molar refractivity (Wildman–Crippen MR) is 57.4 cm³/mol. The van der Waals surface area contributed by atoms with Crippen molar-refractivity contribution < 1.29 is 18.7 Å². The summed E-state index contributed by atoms with van der Waals surface area (Å²) in [6, 6.07) is 8.42. The first-order chi connectivity index (χ1) is 7.52. The van der Waals surface area contributed by atoms with Crippen molar-refractivity contribution in [1.29, 1.82) is 0 Å². The molecule has 2 atom stereocenters. The van der Waals surface area contributed by atoms with E-state index in [2.05, 4.69) is 25.9 Å². The molecule has 1 aromatic carbocycles. The zero-order valence-electron chi connectivity index (χ0n) is 7.98. The monoisotopic (exact) mass is 291 g/mol. The maximum absolute atomic E-state index is 12.8. The summed E-state index contributed by atoms with van der Waals surface area (Å²) < 4.78 is 23.5. The molecule has 1 heterocycles. The maximum Gasteiger partial charge on any atom is 0.304 e. The average Bonchev–Trinajstić information content (AvgIpc) is 2.55. The second-order valence-corrected chi connectivity index (χ2v) is 4.49. The Morgan fingerprint density at radius 1 is 1.38 bits per heavy atom. The van der Waals surface area contributed by atoms with Crippen LogP contribution in [0.15, 0.2) is 35.5 Å². The number of rotatable bonds is 2. The Labute approximate surface area is 98.8 Å². The van der Waals surface area contributed by atoms with Gasteiger partial charge in [0.1, 0.15) is 11.6 Å². The molecule has 1 aromatic rings. The molecule has 0 amide bonds. The molecule has 3 nitrogen and oxygen atoms in total. The lowest BCUT2D eigenvalue weighted by atomic mass is 9.97. The van der Waals surface area contributed by atoms with Gasteiger partial charge in [-0.3, -0.25) is 0 Å². The molecule has 1 aliphatic heterocycles. The van der Waals surface area contributed by atoms with Gasteiger partial charge in [0.05, 0.1) is 0 Å². The van der Waals surface area contributed by atoms with Crippen LogP contribution in [-0.2, 0) is 4.84 Å². The Morgan fingerprint density at radius 3 is 2.56 bits per heavy atom. The van der Waals surface area contributed by atoms with E-state index < -0.39 is 17.0 Å². The third-order valence-corrected chi connectivity index (χ3v) is 2.91. The van der Waals surface area contributed by atoms with E-state index >= 15 is 0 Å². The van der Waals surface area contributed by atoms with Crippen molar-refractivity contribution in [3.8, 4) is 0 Å². The van der Waals surface area contributed by atoms with Crippen molar-refractivity contribution in [2.45, 2.75) is 11.1 Å². The van der Waals surface area contributed by atoms with Gasteiger partial charge in [0.2, 0.25) is 0 Å². The van der Waals surface area contributed by atoms with Crippen molar-refractivity contribution in [3.63, 3.8) is 0 Å². The van der Waals surface area contributed by atoms with Crippen LogP contribution in [0.5, 0.6) is 0 Å². The standard InChI is InChI=1S/C10H8BrF2NO2/c11-10(15)7(9(12)13)8(14-16-10)6-4-2-1-3-5-6/h1-5,7,9,15H. The van der Waals surface area contributed by atoms with Crippen molar-refractivity contribution in [3.05, 3.63) is 35.9 Å². The normalized spacial score (nSPS) is 29.1. The van der Waals surface area contributed by atoms with E-state index in [4.69, 9.17) is 0 Å². The zero-order valence-corrected chi connectivity index (χ0v) is 9.56. The number of nitrogens with zero attached hydrogens (tertiary/aromatic N) is 1. The lowest BCUT2D eigenvalue weighted by molar-refractivity contribution is -0.149. The van der Waals surface area contributed by atoms with E-state index in [9.17, 15) is 13.9 Å². The fraction of sp³-hybridized carbons (Fsp3) is 0.300. The average molecular weight is 292 g/mol. The van der Waals surface area contributed by atoms with E-state index in [-0.39, 0.29) is 5.71 Å². The first-order valence-corrected chi connectivity index (χ1v) is 5.32. The summed E-state index contributed by atoms with van der Waals surface area (Å²) in [6.45, 7) is 0. The van der Waals surface area contributed by atoms with Gasteiger partial charge in [-0.05, 0) is 15.9 Å². The van der Waals surface area contributed by atoms with Crippen LogP contribution in [0.25, 0.3) is 0 Å². The van der Waals surface area contributed by atoms with E-state index in [1.54, 1.807) is 30.3 Å². The van der Waals surface area contributed by atoms with Gasteiger partial charge in [0.25, 0.3) is 6.43 Å². The molecule has 1 aliphatic rings. The summed E-state index contributed by atoms with van der Waals surface area (Å²) in [4.78, 5) is 4.56. The Bertz CT molecular complexity index is 409. The summed E-state index contributed by atoms with van der Waals surface area (Å²) in [6.07, 6.45) is -2.77. The van der Waals surface area contributed by atoms with Gasteiger partial charge in [0, 0.05) is 5.56 Å². The van der Waals surface area contributed by atoms with Crippen LogP contribution in [0.4, 0.5) is 8.78 Å². The van der Waals surface area contributed by atoms with Crippen LogP contribution in [-0.4, -0.2) is 21.9 Å². The predicted octanol–water partition coefficient (Wildman–Crippen LogP) is 2.34. The molecule has 6 heteroatoms. The Morgan fingerprint density at radius 2 is 2.00 bits per heavy atom. The first kappa shape index (κ1) is 11.5. The number of benzene rings is 1. The lowest BCUT2D eigenvalue weighted by Gasteiger charge is -2.20. The van der Waals surface area contributed by atoms with Gasteiger partial charge < -0.3 is 9.94 Å². The van der Waals surface area contributed by atoms with Crippen molar-refractivity contribution in [1.82, 2.24) is 0 Å². The molecule has 0 aliphatic carbocycles. The molecule has 0 bridgehead atoms. The SMILES string of the molecule is OC1(Br)ON=C(c2ccccc2)C1C(F)F. The Hall–Kier alpha value is -1.01. The summed E-state index contributed by atoms with van der Waals surface area (Å²) in [5.41, 5.74) is 0.540. The zero-order chi connectivity index (χ0) is 11.8. The van der Waals surface area contributed by atoms with E-state index in [1.807, 2.05) is 0 Å². The summed E-state index contributed by atoms with van der Waals surface area (Å²) in [7, 11) is 0. The summed E-state index contributed by atoms with van der Waals surface area (Å²) >= 11 is 2.69. The van der Waals surface area contributed by atoms with Gasteiger partial charge in [-0.25, -0.2) is 8.78 Å². The minimum atomic E-state index is -2.77. The maximum atomic E-state index is 12.8. The number of hydrogen-bond donors (Lipinski definition) is 1. The van der Waals surface area contributed by atoms with Crippen molar-refractivity contribution in [2.75, 3.05) is 0 Å². The number of alkyl halides is 3. The van der Waals surface area contributed by atoms with E-state index in [0.29, 0.717) is 5.56 Å². The highest BCUT2D eigenvalue weighted by molar-refractivity contribution is 9.10. The van der Waals surface area contributed by atoms with Crippen molar-refractivity contribution in [2.24, 2.45) is 11.1 Å². The first-order valence-electron chi connectivity index (χ1n) is 4.53. The molecule has 0 fully saturated rings. The molecule has 0 saturated heterocycles. The highest BCUT2D eigenvalue weighted by Crippen LogP contribution is 2.39. The highest BCUT2D eigenvalue weighted by atomic mass is 79.9. The third kappa shape index (κ3) is 1.94. The fourth-order valence-corrected chi connectivity index (χ4v) is 2.00. The van der Waals surface area contributed by atoms with Crippen LogP contribution in [0, 0.1) is 5.92 Å². The number of aliphatic hydroxyl groups is 1. The minimum absolute atomic E-state index is 0.0370. The Kier molecular flexibility index (Phi) is 2.94. The molecule has 0 spiro atoms. The lowest BCUT2D eigenvalue weighted by Crippen LogP contribution is -2.38. The molecule has 16 heavy (non-hydrogen) atoms. The van der Waals surface area contributed by atoms with Crippen LogP contribution in [0.2, 0.25) is 0 Å². The summed E-state index contributed by atoms with van der Waals surface area (Å²) in [5, 5.41) is 13.1.